The topological polar surface area (TPSA) is 12.5 Å². The zero-order valence-electron chi connectivity index (χ0n) is 11.7. The molecule has 0 atom stereocenters. The molecule has 0 spiro atoms. The molecular weight excluding hydrogens is 221 g/mol. The number of ether oxygens (including phenoxy) is 1. The minimum atomic E-state index is 0.587. The Labute approximate surface area is 112 Å². The van der Waals surface area contributed by atoms with Crippen LogP contribution in [0.5, 0.6) is 0 Å². The SMILES string of the molecule is [B]c1cc(C)c(C)c(N(CC)C2CCOCC2)c1. The van der Waals surface area contributed by atoms with Crippen molar-refractivity contribution in [2.24, 2.45) is 0 Å². The summed E-state index contributed by atoms with van der Waals surface area (Å²) >= 11 is 0. The maximum Gasteiger partial charge on any atom is 0.113 e. The second-order valence-corrected chi connectivity index (χ2v) is 5.11. The average Bonchev–Trinajstić information content (AvgIpc) is 2.37. The van der Waals surface area contributed by atoms with E-state index in [1.807, 2.05) is 0 Å². The fraction of sp³-hybridized carbons (Fsp3) is 0.600. The van der Waals surface area contributed by atoms with Crippen LogP contribution in [0.3, 0.4) is 0 Å². The molecule has 0 N–H and O–H groups in total. The highest BCUT2D eigenvalue weighted by Crippen LogP contribution is 2.26. The Morgan fingerprint density at radius 3 is 2.56 bits per heavy atom. The summed E-state index contributed by atoms with van der Waals surface area (Å²) in [4.78, 5) is 2.49. The second-order valence-electron chi connectivity index (χ2n) is 5.11. The molecule has 0 amide bonds. The maximum atomic E-state index is 6.00. The standard InChI is InChI=1S/C15H22BNO/c1-4-17(14-5-7-18-8-6-14)15-10-13(16)9-11(2)12(15)3/h9-10,14H,4-8H2,1-3H3. The highest BCUT2D eigenvalue weighted by molar-refractivity contribution is 6.32. The third kappa shape index (κ3) is 2.72. The van der Waals surface area contributed by atoms with Crippen molar-refractivity contribution in [2.45, 2.75) is 39.7 Å². The van der Waals surface area contributed by atoms with Gasteiger partial charge in [0.15, 0.2) is 0 Å². The summed E-state index contributed by atoms with van der Waals surface area (Å²) in [6.07, 6.45) is 2.22. The highest BCUT2D eigenvalue weighted by atomic mass is 16.5. The fourth-order valence-corrected chi connectivity index (χ4v) is 2.79. The number of hydrogen-bond donors (Lipinski definition) is 0. The van der Waals surface area contributed by atoms with Crippen LogP contribution < -0.4 is 10.4 Å². The third-order valence-corrected chi connectivity index (χ3v) is 3.94. The van der Waals surface area contributed by atoms with Crippen LogP contribution in [-0.4, -0.2) is 33.6 Å². The number of hydrogen-bond acceptors (Lipinski definition) is 2. The lowest BCUT2D eigenvalue weighted by molar-refractivity contribution is 0.0846. The Bertz CT molecular complexity index is 413. The molecule has 2 radical (unpaired) electrons. The Morgan fingerprint density at radius 2 is 1.94 bits per heavy atom. The Balaban J connectivity index is 2.31. The van der Waals surface area contributed by atoms with Crippen molar-refractivity contribution in [1.29, 1.82) is 0 Å². The molecule has 1 aromatic rings. The third-order valence-electron chi connectivity index (χ3n) is 3.94. The summed E-state index contributed by atoms with van der Waals surface area (Å²) in [7, 11) is 6.00. The van der Waals surface area contributed by atoms with Gasteiger partial charge in [-0.3, -0.25) is 0 Å². The minimum absolute atomic E-state index is 0.587. The molecular formula is C15H22BNO. The second kappa shape index (κ2) is 5.79. The van der Waals surface area contributed by atoms with Crippen molar-refractivity contribution < 1.29 is 4.74 Å². The van der Waals surface area contributed by atoms with Crippen LogP contribution in [-0.2, 0) is 4.74 Å². The van der Waals surface area contributed by atoms with Gasteiger partial charge in [0, 0.05) is 31.5 Å². The van der Waals surface area contributed by atoms with Gasteiger partial charge in [-0.25, -0.2) is 0 Å². The Morgan fingerprint density at radius 1 is 1.28 bits per heavy atom. The molecule has 0 bridgehead atoms. The summed E-state index contributed by atoms with van der Waals surface area (Å²) < 4.78 is 5.46. The molecule has 3 heteroatoms. The number of rotatable bonds is 3. The molecule has 1 aliphatic heterocycles. The average molecular weight is 243 g/mol. The van der Waals surface area contributed by atoms with Crippen molar-refractivity contribution in [1.82, 2.24) is 0 Å². The monoisotopic (exact) mass is 243 g/mol. The van der Waals surface area contributed by atoms with E-state index in [0.29, 0.717) is 6.04 Å². The number of nitrogens with zero attached hydrogens (tertiary/aromatic N) is 1. The smallest absolute Gasteiger partial charge is 0.113 e. The van der Waals surface area contributed by atoms with Crippen LogP contribution in [0.2, 0.25) is 0 Å². The van der Waals surface area contributed by atoms with Crippen LogP contribution in [0.1, 0.15) is 30.9 Å². The molecule has 0 saturated carbocycles. The highest BCUT2D eigenvalue weighted by Gasteiger charge is 2.22. The van der Waals surface area contributed by atoms with Crippen molar-refractivity contribution in [3.8, 4) is 0 Å². The van der Waals surface area contributed by atoms with E-state index >= 15 is 0 Å². The van der Waals surface area contributed by atoms with Gasteiger partial charge in [-0.2, -0.15) is 0 Å². The van der Waals surface area contributed by atoms with Crippen LogP contribution in [0.4, 0.5) is 5.69 Å². The van der Waals surface area contributed by atoms with E-state index in [1.165, 1.54) is 16.8 Å². The van der Waals surface area contributed by atoms with Crippen molar-refractivity contribution in [2.75, 3.05) is 24.7 Å². The van der Waals surface area contributed by atoms with E-state index in [2.05, 4.69) is 37.8 Å². The molecule has 96 valence electrons. The summed E-state index contributed by atoms with van der Waals surface area (Å²) in [5.74, 6) is 0. The quantitative estimate of drug-likeness (QED) is 0.754. The van der Waals surface area contributed by atoms with E-state index in [4.69, 9.17) is 12.6 Å². The first-order chi connectivity index (χ1) is 8.63. The summed E-state index contributed by atoms with van der Waals surface area (Å²) in [5.41, 5.74) is 4.77. The zero-order valence-corrected chi connectivity index (χ0v) is 11.7. The predicted molar refractivity (Wildman–Crippen MR) is 78.2 cm³/mol. The van der Waals surface area contributed by atoms with E-state index in [9.17, 15) is 0 Å². The predicted octanol–water partition coefficient (Wildman–Crippen LogP) is 2.10. The van der Waals surface area contributed by atoms with Crippen LogP contribution >= 0.6 is 0 Å². The van der Waals surface area contributed by atoms with Crippen LogP contribution in [0.15, 0.2) is 12.1 Å². The molecule has 1 aromatic carbocycles. The van der Waals surface area contributed by atoms with E-state index in [1.54, 1.807) is 0 Å². The molecule has 0 aliphatic carbocycles. The normalized spacial score (nSPS) is 16.8. The summed E-state index contributed by atoms with van der Waals surface area (Å²) in [5, 5.41) is 0. The molecule has 2 nitrogen and oxygen atoms in total. The largest absolute Gasteiger partial charge is 0.381 e. The van der Waals surface area contributed by atoms with Gasteiger partial charge in [0.25, 0.3) is 0 Å². The fourth-order valence-electron chi connectivity index (χ4n) is 2.79. The van der Waals surface area contributed by atoms with Gasteiger partial charge in [-0.15, -0.1) is 0 Å². The number of aryl methyl sites for hydroxylation is 1. The number of benzene rings is 1. The van der Waals surface area contributed by atoms with Gasteiger partial charge in [-0.1, -0.05) is 11.5 Å². The lowest BCUT2D eigenvalue weighted by Crippen LogP contribution is -2.40. The molecule has 1 fully saturated rings. The molecule has 0 aromatic heterocycles. The van der Waals surface area contributed by atoms with Crippen molar-refractivity contribution >= 4 is 19.0 Å². The molecule has 2 rings (SSSR count). The first-order valence-corrected chi connectivity index (χ1v) is 6.84. The zero-order chi connectivity index (χ0) is 13.1. The van der Waals surface area contributed by atoms with E-state index in [-0.39, 0.29) is 0 Å². The Kier molecular flexibility index (Phi) is 4.33. The van der Waals surface area contributed by atoms with Crippen molar-refractivity contribution in [3.05, 3.63) is 23.3 Å². The van der Waals surface area contributed by atoms with Gasteiger partial charge >= 0.3 is 0 Å². The molecule has 1 aliphatic rings. The number of anilines is 1. The minimum Gasteiger partial charge on any atom is -0.381 e. The van der Waals surface area contributed by atoms with Crippen molar-refractivity contribution in [3.63, 3.8) is 0 Å². The van der Waals surface area contributed by atoms with Crippen LogP contribution in [0, 0.1) is 13.8 Å². The lowest BCUT2D eigenvalue weighted by Gasteiger charge is -2.36. The molecule has 1 saturated heterocycles. The lowest BCUT2D eigenvalue weighted by atomic mass is 9.90. The van der Waals surface area contributed by atoms with E-state index < -0.39 is 0 Å². The van der Waals surface area contributed by atoms with Gasteiger partial charge in [0.1, 0.15) is 7.85 Å². The summed E-state index contributed by atoms with van der Waals surface area (Å²) in [6.45, 7) is 9.31. The Hall–Kier alpha value is -0.955. The van der Waals surface area contributed by atoms with Gasteiger partial charge in [-0.05, 0) is 50.8 Å². The van der Waals surface area contributed by atoms with E-state index in [0.717, 1.165) is 38.1 Å². The van der Waals surface area contributed by atoms with Gasteiger partial charge < -0.3 is 9.64 Å². The maximum absolute atomic E-state index is 6.00. The molecule has 1 heterocycles. The van der Waals surface area contributed by atoms with Crippen LogP contribution in [0.25, 0.3) is 0 Å². The molecule has 18 heavy (non-hydrogen) atoms. The molecule has 0 unspecified atom stereocenters. The van der Waals surface area contributed by atoms with Gasteiger partial charge in [0.05, 0.1) is 0 Å². The first kappa shape index (κ1) is 13.5. The van der Waals surface area contributed by atoms with Gasteiger partial charge in [0.2, 0.25) is 0 Å². The summed E-state index contributed by atoms with van der Waals surface area (Å²) in [6, 6.07) is 4.75. The first-order valence-electron chi connectivity index (χ1n) is 6.84.